The number of esters is 1. The number of allylic oxidation sites excluding steroid dienone is 6. The minimum absolute atomic E-state index is 0.140. The summed E-state index contributed by atoms with van der Waals surface area (Å²) in [6.45, 7) is 4.48. The van der Waals surface area contributed by atoms with Gasteiger partial charge in [0.05, 0.1) is 42.7 Å². The van der Waals surface area contributed by atoms with Gasteiger partial charge in [-0.3, -0.25) is 4.79 Å². The Morgan fingerprint density at radius 1 is 0.735 bits per heavy atom. The van der Waals surface area contributed by atoms with Gasteiger partial charge in [-0.05, 0) is 39.5 Å². The van der Waals surface area contributed by atoms with Crippen LogP contribution in [0.4, 0.5) is 0 Å². The molecule has 12 N–H and O–H groups in total. The number of hydrogen-bond donors (Lipinski definition) is 12. The summed E-state index contributed by atoms with van der Waals surface area (Å²) in [5.74, 6) is -2.58. The predicted octanol–water partition coefficient (Wildman–Crippen LogP) is -0.976. The van der Waals surface area contributed by atoms with E-state index in [0.29, 0.717) is 6.42 Å². The van der Waals surface area contributed by atoms with Crippen LogP contribution in [0.2, 0.25) is 0 Å². The van der Waals surface area contributed by atoms with Crippen LogP contribution in [0, 0.1) is 5.92 Å². The van der Waals surface area contributed by atoms with Crippen LogP contribution < -0.4 is 0 Å². The molecule has 0 spiro atoms. The maximum Gasteiger partial charge on any atom is 0.314 e. The average molecular weight is 705 g/mol. The van der Waals surface area contributed by atoms with Crippen molar-refractivity contribution in [3.63, 3.8) is 0 Å². The number of aliphatic hydroxyl groups excluding tert-OH is 11. The van der Waals surface area contributed by atoms with Gasteiger partial charge in [0.15, 0.2) is 0 Å². The normalized spacial score (nSPS) is 39.5. The zero-order chi connectivity index (χ0) is 37.3. The van der Waals surface area contributed by atoms with E-state index in [4.69, 9.17) is 4.74 Å². The molecule has 49 heavy (non-hydrogen) atoms. The van der Waals surface area contributed by atoms with Crippen molar-refractivity contribution in [2.24, 2.45) is 5.92 Å². The molecule has 0 aromatic carbocycles. The molecule has 0 aliphatic carbocycles. The summed E-state index contributed by atoms with van der Waals surface area (Å²) in [6, 6.07) is 0. The first kappa shape index (κ1) is 45.0. The van der Waals surface area contributed by atoms with Crippen LogP contribution in [0.1, 0.15) is 78.6 Å². The minimum atomic E-state index is -1.99. The number of carbonyl (C=O) groups excluding carboxylic acids is 1. The van der Waals surface area contributed by atoms with Crippen molar-refractivity contribution in [2.75, 3.05) is 0 Å². The lowest BCUT2D eigenvalue weighted by Gasteiger charge is -2.33. The maximum atomic E-state index is 13.2. The molecule has 284 valence electrons. The van der Waals surface area contributed by atoms with E-state index in [9.17, 15) is 66.1 Å². The van der Waals surface area contributed by atoms with Crippen molar-refractivity contribution in [1.82, 2.24) is 0 Å². The first-order valence-electron chi connectivity index (χ1n) is 17.0. The quantitative estimate of drug-likeness (QED) is 0.121. The molecule has 0 bridgehead atoms. The molecule has 1 heterocycles. The first-order valence-corrected chi connectivity index (χ1v) is 17.0. The highest BCUT2D eigenvalue weighted by atomic mass is 16.6. The Balaban J connectivity index is 3.25. The Morgan fingerprint density at radius 3 is 1.78 bits per heavy atom. The lowest BCUT2D eigenvalue weighted by Crippen LogP contribution is -2.51. The lowest BCUT2D eigenvalue weighted by molar-refractivity contribution is -0.172. The fraction of sp³-hybridized carbons (Fsp3) is 0.743. The van der Waals surface area contributed by atoms with Gasteiger partial charge in [-0.2, -0.15) is 0 Å². The molecule has 0 radical (unpaired) electrons. The number of aliphatic hydroxyl groups is 12. The smallest absolute Gasteiger partial charge is 0.314 e. The third kappa shape index (κ3) is 16.7. The van der Waals surface area contributed by atoms with Gasteiger partial charge in [0.25, 0.3) is 0 Å². The Bertz CT molecular complexity index is 1050. The van der Waals surface area contributed by atoms with Gasteiger partial charge in [0, 0.05) is 12.8 Å². The molecule has 0 saturated carbocycles. The van der Waals surface area contributed by atoms with E-state index in [1.54, 1.807) is 0 Å². The number of ether oxygens (including phenoxy) is 1. The van der Waals surface area contributed by atoms with Gasteiger partial charge < -0.3 is 66.0 Å². The number of rotatable bonds is 5. The molecule has 1 rings (SSSR count). The number of carbonyl (C=O) groups is 1. The molecule has 0 fully saturated rings. The predicted molar refractivity (Wildman–Crippen MR) is 180 cm³/mol. The summed E-state index contributed by atoms with van der Waals surface area (Å²) in [4.78, 5) is 13.2. The zero-order valence-electron chi connectivity index (χ0n) is 28.7. The zero-order valence-corrected chi connectivity index (χ0v) is 28.7. The molecule has 14 heteroatoms. The first-order chi connectivity index (χ1) is 22.9. The fourth-order valence-electron chi connectivity index (χ4n) is 5.59. The van der Waals surface area contributed by atoms with Crippen LogP contribution >= 0.6 is 0 Å². The van der Waals surface area contributed by atoms with Crippen LogP contribution in [-0.4, -0.2) is 146 Å². The van der Waals surface area contributed by atoms with Crippen molar-refractivity contribution in [3.8, 4) is 0 Å². The second-order valence-corrected chi connectivity index (χ2v) is 13.3. The molecule has 14 unspecified atom stereocenters. The van der Waals surface area contributed by atoms with Gasteiger partial charge in [-0.1, -0.05) is 74.8 Å². The highest BCUT2D eigenvalue weighted by Crippen LogP contribution is 2.25. The van der Waals surface area contributed by atoms with E-state index < -0.39 is 104 Å². The summed E-state index contributed by atoms with van der Waals surface area (Å²) < 4.78 is 5.34. The van der Waals surface area contributed by atoms with E-state index in [-0.39, 0.29) is 25.7 Å². The van der Waals surface area contributed by atoms with E-state index >= 15 is 0 Å². The van der Waals surface area contributed by atoms with E-state index in [1.165, 1.54) is 62.5 Å². The van der Waals surface area contributed by atoms with Crippen molar-refractivity contribution in [1.29, 1.82) is 0 Å². The SMILES string of the molecule is CCCCCC(O)C1C(=O)OC(C)C(O)C(O)C=CC=CC=CC=CC(C)(O)C(O)C(O)C(O)CC(O)CC(O)CC(O)CC(O)CC1O. The molecule has 14 atom stereocenters. The molecule has 0 aromatic rings. The third-order valence-corrected chi connectivity index (χ3v) is 8.61. The molecule has 0 aromatic heterocycles. The van der Waals surface area contributed by atoms with Crippen LogP contribution in [0.15, 0.2) is 48.6 Å². The van der Waals surface area contributed by atoms with Gasteiger partial charge in [-0.25, -0.2) is 0 Å². The number of unbranched alkanes of at least 4 members (excludes halogenated alkanes) is 2. The molecular formula is C35H60O14. The Hall–Kier alpha value is -2.05. The molecule has 0 saturated heterocycles. The third-order valence-electron chi connectivity index (χ3n) is 8.61. The molecule has 1 aliphatic rings. The van der Waals surface area contributed by atoms with E-state index in [1.807, 2.05) is 6.92 Å². The molecule has 1 aliphatic heterocycles. The van der Waals surface area contributed by atoms with E-state index in [0.717, 1.165) is 12.8 Å². The maximum absolute atomic E-state index is 13.2. The summed E-state index contributed by atoms with van der Waals surface area (Å²) in [5.41, 5.74) is -1.99. The summed E-state index contributed by atoms with van der Waals surface area (Å²) >= 11 is 0. The Labute approximate surface area is 288 Å². The minimum Gasteiger partial charge on any atom is -0.459 e. The second kappa shape index (κ2) is 22.7. The van der Waals surface area contributed by atoms with Gasteiger partial charge in [0.1, 0.15) is 42.0 Å². The topological polar surface area (TPSA) is 269 Å². The van der Waals surface area contributed by atoms with Crippen molar-refractivity contribution in [2.45, 2.75) is 157 Å². The lowest BCUT2D eigenvalue weighted by atomic mass is 9.87. The average Bonchev–Trinajstić information content (AvgIpc) is 3.00. The van der Waals surface area contributed by atoms with Gasteiger partial charge in [0.2, 0.25) is 0 Å². The van der Waals surface area contributed by atoms with Crippen molar-refractivity contribution >= 4 is 5.97 Å². The van der Waals surface area contributed by atoms with Crippen LogP contribution in [0.5, 0.6) is 0 Å². The van der Waals surface area contributed by atoms with Crippen LogP contribution in [-0.2, 0) is 9.53 Å². The standard InChI is InChI=1S/C35H60O14/c1-4-5-10-13-26(40)30-28(42)19-24(38)17-22(36)16-23(37)18-25(39)20-29(43)32(45)33(46)35(3,48)15-12-9-7-6-8-11-14-27(41)31(44)21(2)49-34(30)47/h6-9,11-12,14-15,21-33,36-46,48H,4-5,10,13,16-20H2,1-3H3. The number of hydrogen-bond acceptors (Lipinski definition) is 14. The number of cyclic esters (lactones) is 1. The Morgan fingerprint density at radius 2 is 1.22 bits per heavy atom. The Kier molecular flexibility index (Phi) is 20.8. The second-order valence-electron chi connectivity index (χ2n) is 13.3. The molecule has 0 amide bonds. The van der Waals surface area contributed by atoms with Gasteiger partial charge in [-0.15, -0.1) is 0 Å². The summed E-state index contributed by atoms with van der Waals surface area (Å²) in [7, 11) is 0. The monoisotopic (exact) mass is 704 g/mol. The summed E-state index contributed by atoms with van der Waals surface area (Å²) in [6.07, 6.45) is -6.66. The molecular weight excluding hydrogens is 644 g/mol. The largest absolute Gasteiger partial charge is 0.459 e. The highest BCUT2D eigenvalue weighted by Gasteiger charge is 2.39. The molecule has 14 nitrogen and oxygen atoms in total. The fourth-order valence-corrected chi connectivity index (χ4v) is 5.59. The van der Waals surface area contributed by atoms with Crippen LogP contribution in [0.25, 0.3) is 0 Å². The highest BCUT2D eigenvalue weighted by molar-refractivity contribution is 5.74. The van der Waals surface area contributed by atoms with Gasteiger partial charge >= 0.3 is 5.97 Å². The van der Waals surface area contributed by atoms with E-state index in [2.05, 4.69) is 0 Å². The van der Waals surface area contributed by atoms with Crippen LogP contribution in [0.3, 0.4) is 0 Å². The van der Waals surface area contributed by atoms with Crippen molar-refractivity contribution < 1.29 is 70.8 Å². The van der Waals surface area contributed by atoms with Crippen molar-refractivity contribution in [3.05, 3.63) is 48.6 Å². The summed E-state index contributed by atoms with van der Waals surface area (Å²) in [5, 5.41) is 126.